The van der Waals surface area contributed by atoms with Gasteiger partial charge in [-0.15, -0.1) is 0 Å². The molecular formula is C16H34N2. The lowest BCUT2D eigenvalue weighted by Gasteiger charge is -2.38. The Labute approximate surface area is 115 Å². The topological polar surface area (TPSA) is 15.3 Å². The molecule has 0 aliphatic carbocycles. The van der Waals surface area contributed by atoms with E-state index in [1.165, 1.54) is 51.6 Å². The molecule has 1 fully saturated rings. The maximum Gasteiger partial charge on any atom is 0.0125 e. The van der Waals surface area contributed by atoms with E-state index in [9.17, 15) is 0 Å². The van der Waals surface area contributed by atoms with E-state index in [4.69, 9.17) is 0 Å². The standard InChI is InChI=1S/C16H34N2/c1-6-9-14-10-7-8-12-18(14)13-11-15(17-5)16(2,3)4/h14-15,17H,6-13H2,1-5H3. The van der Waals surface area contributed by atoms with Crippen molar-refractivity contribution < 1.29 is 0 Å². The number of hydrogen-bond acceptors (Lipinski definition) is 2. The summed E-state index contributed by atoms with van der Waals surface area (Å²) in [5, 5.41) is 3.50. The van der Waals surface area contributed by atoms with E-state index >= 15 is 0 Å². The van der Waals surface area contributed by atoms with E-state index in [0.717, 1.165) is 6.04 Å². The molecule has 18 heavy (non-hydrogen) atoms. The minimum Gasteiger partial charge on any atom is -0.316 e. The number of hydrogen-bond donors (Lipinski definition) is 1. The van der Waals surface area contributed by atoms with Crippen LogP contribution in [0.3, 0.4) is 0 Å². The molecule has 108 valence electrons. The molecule has 0 amide bonds. The van der Waals surface area contributed by atoms with E-state index in [1.54, 1.807) is 0 Å². The first-order chi connectivity index (χ1) is 8.49. The Morgan fingerprint density at radius 2 is 2.00 bits per heavy atom. The third-order valence-corrected chi connectivity index (χ3v) is 4.47. The first-order valence-electron chi connectivity index (χ1n) is 7.90. The highest BCUT2D eigenvalue weighted by Gasteiger charge is 2.26. The van der Waals surface area contributed by atoms with Gasteiger partial charge in [0.05, 0.1) is 0 Å². The van der Waals surface area contributed by atoms with E-state index in [2.05, 4.69) is 45.0 Å². The van der Waals surface area contributed by atoms with Crippen LogP contribution in [0, 0.1) is 5.41 Å². The van der Waals surface area contributed by atoms with E-state index in [0.29, 0.717) is 11.5 Å². The molecule has 2 atom stereocenters. The Balaban J connectivity index is 2.44. The zero-order chi connectivity index (χ0) is 13.6. The minimum atomic E-state index is 0.366. The second-order valence-electron chi connectivity index (χ2n) is 6.97. The Bertz CT molecular complexity index is 218. The second-order valence-corrected chi connectivity index (χ2v) is 6.97. The maximum absolute atomic E-state index is 3.50. The van der Waals surface area contributed by atoms with Crippen LogP contribution >= 0.6 is 0 Å². The zero-order valence-corrected chi connectivity index (χ0v) is 13.3. The molecule has 0 bridgehead atoms. The highest BCUT2D eigenvalue weighted by molar-refractivity contribution is 4.83. The molecule has 0 radical (unpaired) electrons. The van der Waals surface area contributed by atoms with Gasteiger partial charge in [-0.2, -0.15) is 0 Å². The summed E-state index contributed by atoms with van der Waals surface area (Å²) in [6.45, 7) is 11.9. The molecule has 1 aliphatic heterocycles. The molecule has 1 aliphatic rings. The van der Waals surface area contributed by atoms with Crippen molar-refractivity contribution in [2.24, 2.45) is 5.41 Å². The van der Waals surface area contributed by atoms with Crippen molar-refractivity contribution >= 4 is 0 Å². The average molecular weight is 254 g/mol. The van der Waals surface area contributed by atoms with Crippen molar-refractivity contribution in [2.45, 2.75) is 78.3 Å². The number of likely N-dealkylation sites (tertiary alicyclic amines) is 1. The van der Waals surface area contributed by atoms with E-state index in [1.807, 2.05) is 0 Å². The van der Waals surface area contributed by atoms with Crippen LogP contribution in [-0.4, -0.2) is 37.1 Å². The highest BCUT2D eigenvalue weighted by atomic mass is 15.2. The fraction of sp³-hybridized carbons (Fsp3) is 1.00. The first kappa shape index (κ1) is 16.0. The van der Waals surface area contributed by atoms with Crippen LogP contribution in [0.1, 0.15) is 66.2 Å². The van der Waals surface area contributed by atoms with Gasteiger partial charge in [-0.05, 0) is 51.2 Å². The van der Waals surface area contributed by atoms with Gasteiger partial charge in [0.2, 0.25) is 0 Å². The Morgan fingerprint density at radius 1 is 1.28 bits per heavy atom. The van der Waals surface area contributed by atoms with Gasteiger partial charge in [0.1, 0.15) is 0 Å². The van der Waals surface area contributed by atoms with Crippen molar-refractivity contribution in [3.63, 3.8) is 0 Å². The van der Waals surface area contributed by atoms with Crippen LogP contribution in [0.4, 0.5) is 0 Å². The summed E-state index contributed by atoms with van der Waals surface area (Å²) in [4.78, 5) is 2.75. The molecular weight excluding hydrogens is 220 g/mol. The molecule has 2 nitrogen and oxygen atoms in total. The summed E-state index contributed by atoms with van der Waals surface area (Å²) in [5.74, 6) is 0. The molecule has 1 N–H and O–H groups in total. The Kier molecular flexibility index (Phi) is 6.65. The Morgan fingerprint density at radius 3 is 2.56 bits per heavy atom. The summed E-state index contributed by atoms with van der Waals surface area (Å²) in [5.41, 5.74) is 0.366. The SMILES string of the molecule is CCCC1CCCCN1CCC(NC)C(C)(C)C. The van der Waals surface area contributed by atoms with Crippen LogP contribution in [0.25, 0.3) is 0 Å². The van der Waals surface area contributed by atoms with Gasteiger partial charge in [0.15, 0.2) is 0 Å². The summed E-state index contributed by atoms with van der Waals surface area (Å²) in [6, 6.07) is 1.49. The maximum atomic E-state index is 3.50. The van der Waals surface area contributed by atoms with Crippen LogP contribution in [-0.2, 0) is 0 Å². The molecule has 2 unspecified atom stereocenters. The van der Waals surface area contributed by atoms with Crippen LogP contribution in [0.5, 0.6) is 0 Å². The predicted octanol–water partition coefficient (Wildman–Crippen LogP) is 3.67. The summed E-state index contributed by atoms with van der Waals surface area (Å²) in [7, 11) is 2.11. The number of rotatable bonds is 6. The first-order valence-corrected chi connectivity index (χ1v) is 7.90. The largest absolute Gasteiger partial charge is 0.316 e. The van der Waals surface area contributed by atoms with Crippen LogP contribution in [0.2, 0.25) is 0 Å². The van der Waals surface area contributed by atoms with E-state index in [-0.39, 0.29) is 0 Å². The third kappa shape index (κ3) is 4.89. The summed E-state index contributed by atoms with van der Waals surface area (Å²) >= 11 is 0. The van der Waals surface area contributed by atoms with E-state index < -0.39 is 0 Å². The van der Waals surface area contributed by atoms with Crippen molar-refractivity contribution in [3.8, 4) is 0 Å². The van der Waals surface area contributed by atoms with Gasteiger partial charge in [0.25, 0.3) is 0 Å². The van der Waals surface area contributed by atoms with Gasteiger partial charge < -0.3 is 10.2 Å². The highest BCUT2D eigenvalue weighted by Crippen LogP contribution is 2.25. The molecule has 1 saturated heterocycles. The van der Waals surface area contributed by atoms with Crippen molar-refractivity contribution in [1.82, 2.24) is 10.2 Å². The fourth-order valence-electron chi connectivity index (χ4n) is 3.32. The monoisotopic (exact) mass is 254 g/mol. The lowest BCUT2D eigenvalue weighted by Crippen LogP contribution is -2.45. The third-order valence-electron chi connectivity index (χ3n) is 4.47. The van der Waals surface area contributed by atoms with Gasteiger partial charge in [-0.3, -0.25) is 0 Å². The summed E-state index contributed by atoms with van der Waals surface area (Å²) in [6.07, 6.45) is 8.26. The lowest BCUT2D eigenvalue weighted by atomic mass is 9.84. The van der Waals surface area contributed by atoms with Gasteiger partial charge in [0, 0.05) is 12.1 Å². The average Bonchev–Trinajstić information content (AvgIpc) is 2.30. The molecule has 2 heteroatoms. The molecule has 0 aromatic rings. The van der Waals surface area contributed by atoms with Gasteiger partial charge in [-0.25, -0.2) is 0 Å². The Hall–Kier alpha value is -0.0800. The normalized spacial score (nSPS) is 24.2. The molecule has 0 saturated carbocycles. The summed E-state index contributed by atoms with van der Waals surface area (Å²) < 4.78 is 0. The second kappa shape index (κ2) is 7.49. The fourth-order valence-corrected chi connectivity index (χ4v) is 3.32. The van der Waals surface area contributed by atoms with Crippen molar-refractivity contribution in [1.29, 1.82) is 0 Å². The molecule has 0 aromatic heterocycles. The zero-order valence-electron chi connectivity index (χ0n) is 13.3. The van der Waals surface area contributed by atoms with Crippen molar-refractivity contribution in [2.75, 3.05) is 20.1 Å². The smallest absolute Gasteiger partial charge is 0.0125 e. The van der Waals surface area contributed by atoms with Crippen LogP contribution < -0.4 is 5.32 Å². The minimum absolute atomic E-state index is 0.366. The number of nitrogens with zero attached hydrogens (tertiary/aromatic N) is 1. The quantitative estimate of drug-likeness (QED) is 0.778. The lowest BCUT2D eigenvalue weighted by molar-refractivity contribution is 0.123. The molecule has 1 heterocycles. The molecule has 0 aromatic carbocycles. The molecule has 1 rings (SSSR count). The van der Waals surface area contributed by atoms with Crippen LogP contribution in [0.15, 0.2) is 0 Å². The van der Waals surface area contributed by atoms with Gasteiger partial charge >= 0.3 is 0 Å². The predicted molar refractivity (Wildman–Crippen MR) is 81.0 cm³/mol. The van der Waals surface area contributed by atoms with Gasteiger partial charge in [-0.1, -0.05) is 40.5 Å². The molecule has 0 spiro atoms. The number of piperidine rings is 1. The number of nitrogens with one attached hydrogen (secondary N) is 1. The van der Waals surface area contributed by atoms with Crippen molar-refractivity contribution in [3.05, 3.63) is 0 Å².